The molecule has 0 unspecified atom stereocenters. The molecule has 0 bridgehead atoms. The fourth-order valence-electron chi connectivity index (χ4n) is 2.77. The zero-order chi connectivity index (χ0) is 16.1. The van der Waals surface area contributed by atoms with Crippen molar-refractivity contribution < 1.29 is 4.74 Å². The molecule has 0 spiro atoms. The summed E-state index contributed by atoms with van der Waals surface area (Å²) >= 11 is 0. The molecule has 0 saturated heterocycles. The summed E-state index contributed by atoms with van der Waals surface area (Å²) in [4.78, 5) is 4.09. The van der Waals surface area contributed by atoms with Gasteiger partial charge in [0.05, 0.1) is 6.61 Å². The van der Waals surface area contributed by atoms with Gasteiger partial charge in [-0.2, -0.15) is 10.0 Å². The summed E-state index contributed by atoms with van der Waals surface area (Å²) in [5, 5.41) is 0. The van der Waals surface area contributed by atoms with Gasteiger partial charge in [-0.15, -0.1) is 0 Å². The first-order valence-electron chi connectivity index (χ1n) is 7.86. The molecule has 23 heavy (non-hydrogen) atoms. The zero-order valence-electron chi connectivity index (χ0n) is 13.6. The van der Waals surface area contributed by atoms with Crippen LogP contribution in [0.5, 0.6) is 5.75 Å². The molecule has 3 aromatic rings. The molecule has 0 amide bonds. The van der Waals surface area contributed by atoms with Crippen molar-refractivity contribution in [2.24, 2.45) is 0 Å². The van der Waals surface area contributed by atoms with Crippen molar-refractivity contribution in [3.05, 3.63) is 84.9 Å². The highest BCUT2D eigenvalue weighted by molar-refractivity contribution is 8.33. The van der Waals surface area contributed by atoms with Crippen LogP contribution >= 0.6 is 10.0 Å². The molecule has 3 rings (SSSR count). The van der Waals surface area contributed by atoms with Crippen molar-refractivity contribution in [1.29, 1.82) is 0 Å². The minimum atomic E-state index is -1.26. The van der Waals surface area contributed by atoms with Crippen molar-refractivity contribution in [1.82, 2.24) is 0 Å². The van der Waals surface area contributed by atoms with Crippen LogP contribution < -0.4 is 4.74 Å². The van der Waals surface area contributed by atoms with Gasteiger partial charge in [0.1, 0.15) is 5.75 Å². The molecule has 0 fully saturated rings. The Hall–Kier alpha value is -2.19. The molecule has 0 aromatic heterocycles. The Balaban J connectivity index is 2.13. The van der Waals surface area contributed by atoms with Gasteiger partial charge in [0.2, 0.25) is 0 Å². The van der Waals surface area contributed by atoms with Gasteiger partial charge in [0.15, 0.2) is 0 Å². The van der Waals surface area contributed by atoms with E-state index in [-0.39, 0.29) is 0 Å². The van der Waals surface area contributed by atoms with E-state index in [4.69, 9.17) is 4.74 Å². The second-order valence-corrected chi connectivity index (χ2v) is 8.70. The number of benzene rings is 3. The molecule has 0 saturated carbocycles. The molecule has 118 valence electrons. The number of rotatable bonds is 5. The minimum Gasteiger partial charge on any atom is -0.494 e. The lowest BCUT2D eigenvalue weighted by Gasteiger charge is -2.37. The van der Waals surface area contributed by atoms with Crippen molar-refractivity contribution in [3.8, 4) is 5.75 Å². The lowest BCUT2D eigenvalue weighted by molar-refractivity contribution is 0.340. The van der Waals surface area contributed by atoms with E-state index in [0.717, 1.165) is 5.75 Å². The van der Waals surface area contributed by atoms with E-state index in [9.17, 15) is 0 Å². The minimum absolute atomic E-state index is 0.695. The molecule has 3 aromatic carbocycles. The molecule has 0 radical (unpaired) electrons. The number of ether oxygens (including phenoxy) is 1. The van der Waals surface area contributed by atoms with E-state index < -0.39 is 10.0 Å². The van der Waals surface area contributed by atoms with Crippen LogP contribution in [0.1, 0.15) is 6.92 Å². The topological polar surface area (TPSA) is 9.23 Å². The van der Waals surface area contributed by atoms with E-state index in [1.54, 1.807) is 0 Å². The lowest BCUT2D eigenvalue weighted by Crippen LogP contribution is -2.01. The van der Waals surface area contributed by atoms with E-state index in [0.29, 0.717) is 6.61 Å². The van der Waals surface area contributed by atoms with Crippen LogP contribution in [0.3, 0.4) is 0 Å². The molecule has 0 heterocycles. The van der Waals surface area contributed by atoms with Crippen LogP contribution in [0.25, 0.3) is 0 Å². The highest BCUT2D eigenvalue weighted by Crippen LogP contribution is 2.65. The Bertz CT molecular complexity index is 696. The third kappa shape index (κ3) is 3.13. The van der Waals surface area contributed by atoms with Gasteiger partial charge in [-0.1, -0.05) is 36.4 Å². The third-order valence-electron chi connectivity index (χ3n) is 4.04. The van der Waals surface area contributed by atoms with Crippen molar-refractivity contribution in [2.75, 3.05) is 12.9 Å². The summed E-state index contributed by atoms with van der Waals surface area (Å²) in [6.07, 6.45) is 2.37. The smallest absolute Gasteiger partial charge is 0.119 e. The molecule has 0 N–H and O–H groups in total. The Morgan fingerprint density at radius 1 is 0.652 bits per heavy atom. The van der Waals surface area contributed by atoms with Gasteiger partial charge < -0.3 is 4.74 Å². The van der Waals surface area contributed by atoms with Gasteiger partial charge in [-0.05, 0) is 76.4 Å². The summed E-state index contributed by atoms with van der Waals surface area (Å²) in [5.74, 6) is 0.930. The quantitative estimate of drug-likeness (QED) is 0.560. The predicted molar refractivity (Wildman–Crippen MR) is 98.8 cm³/mol. The summed E-state index contributed by atoms with van der Waals surface area (Å²) in [6.45, 7) is 2.71. The van der Waals surface area contributed by atoms with Crippen molar-refractivity contribution >= 4 is 10.0 Å². The van der Waals surface area contributed by atoms with E-state index in [1.165, 1.54) is 14.7 Å². The van der Waals surface area contributed by atoms with Crippen LogP contribution in [0.2, 0.25) is 0 Å². The van der Waals surface area contributed by atoms with Crippen LogP contribution in [0.15, 0.2) is 99.6 Å². The molecule has 0 aliphatic rings. The monoisotopic (exact) mass is 322 g/mol. The first-order valence-corrected chi connectivity index (χ1v) is 9.90. The normalized spacial score (nSPS) is 11.9. The average molecular weight is 322 g/mol. The van der Waals surface area contributed by atoms with Gasteiger partial charge in [0.25, 0.3) is 0 Å². The summed E-state index contributed by atoms with van der Waals surface area (Å²) in [7, 11) is -1.26. The molecule has 0 atom stereocenters. The van der Waals surface area contributed by atoms with E-state index >= 15 is 0 Å². The van der Waals surface area contributed by atoms with Crippen molar-refractivity contribution in [2.45, 2.75) is 21.6 Å². The maximum Gasteiger partial charge on any atom is 0.119 e. The Kier molecular flexibility index (Phi) is 4.73. The molecular formula is C21H22OS. The SMILES string of the molecule is CCOc1ccc(S(C)(c2ccccc2)c2ccccc2)cc1. The van der Waals surface area contributed by atoms with E-state index in [1.807, 2.05) is 6.92 Å². The third-order valence-corrected chi connectivity index (χ3v) is 7.68. The Morgan fingerprint density at radius 3 is 1.52 bits per heavy atom. The highest BCUT2D eigenvalue weighted by atomic mass is 32.3. The summed E-state index contributed by atoms with van der Waals surface area (Å²) in [5.41, 5.74) is 0. The first-order chi connectivity index (χ1) is 11.2. The van der Waals surface area contributed by atoms with Crippen LogP contribution in [-0.2, 0) is 0 Å². The first kappa shape index (κ1) is 15.7. The van der Waals surface area contributed by atoms with Gasteiger partial charge in [-0.25, -0.2) is 0 Å². The average Bonchev–Trinajstić information content (AvgIpc) is 2.63. The second kappa shape index (κ2) is 6.93. The van der Waals surface area contributed by atoms with Gasteiger partial charge in [0, 0.05) is 0 Å². The molecule has 2 heteroatoms. The lowest BCUT2D eigenvalue weighted by atomic mass is 10.3. The zero-order valence-corrected chi connectivity index (χ0v) is 14.4. The standard InChI is InChI=1S/C21H22OS/c1-3-22-18-14-16-21(17-15-18)23(2,19-10-6-4-7-11-19)20-12-8-5-9-13-20/h4-17H,3H2,1-2H3. The molecule has 0 aliphatic carbocycles. The molecule has 1 nitrogen and oxygen atoms in total. The maximum absolute atomic E-state index is 5.59. The predicted octanol–water partition coefficient (Wildman–Crippen LogP) is 6.00. The van der Waals surface area contributed by atoms with Crippen molar-refractivity contribution in [3.63, 3.8) is 0 Å². The summed E-state index contributed by atoms with van der Waals surface area (Å²) in [6, 6.07) is 30.2. The molecular weight excluding hydrogens is 300 g/mol. The summed E-state index contributed by atoms with van der Waals surface area (Å²) < 4.78 is 5.59. The molecule has 0 aliphatic heterocycles. The number of hydrogen-bond donors (Lipinski definition) is 0. The fourth-order valence-corrected chi connectivity index (χ4v) is 5.67. The largest absolute Gasteiger partial charge is 0.494 e. The highest BCUT2D eigenvalue weighted by Gasteiger charge is 2.25. The van der Waals surface area contributed by atoms with E-state index in [2.05, 4.69) is 91.2 Å². The number of hydrogen-bond acceptors (Lipinski definition) is 1. The van der Waals surface area contributed by atoms with Crippen LogP contribution in [0, 0.1) is 0 Å². The Morgan fingerprint density at radius 2 is 1.09 bits per heavy atom. The van der Waals surface area contributed by atoms with Gasteiger partial charge >= 0.3 is 0 Å². The Labute approximate surface area is 140 Å². The van der Waals surface area contributed by atoms with Gasteiger partial charge in [-0.3, -0.25) is 0 Å². The van der Waals surface area contributed by atoms with Crippen LogP contribution in [-0.4, -0.2) is 12.9 Å². The maximum atomic E-state index is 5.59. The second-order valence-electron chi connectivity index (χ2n) is 5.45. The van der Waals surface area contributed by atoms with Crippen LogP contribution in [0.4, 0.5) is 0 Å². The fraction of sp³-hybridized carbons (Fsp3) is 0.143.